The molecule has 0 spiro atoms. The fraction of sp³-hybridized carbons (Fsp3) is 0.462. The molecule has 106 valence electrons. The molecule has 6 heteroatoms. The lowest BCUT2D eigenvalue weighted by molar-refractivity contribution is -0.0281. The summed E-state index contributed by atoms with van der Waals surface area (Å²) in [6.45, 7) is 6.26. The third kappa shape index (κ3) is 5.27. The topological polar surface area (TPSA) is 61.5 Å². The highest BCUT2D eigenvalue weighted by atomic mass is 35.5. The molecule has 2 N–H and O–H groups in total. The van der Waals surface area contributed by atoms with Gasteiger partial charge in [0.1, 0.15) is 6.61 Å². The Balaban J connectivity index is 2.55. The van der Waals surface area contributed by atoms with Crippen molar-refractivity contribution in [2.24, 2.45) is 0 Å². The monoisotopic (exact) mass is 305 g/mol. The van der Waals surface area contributed by atoms with Crippen LogP contribution in [0.5, 0.6) is 0 Å². The van der Waals surface area contributed by atoms with Crippen LogP contribution in [0.15, 0.2) is 12.1 Å². The number of carbonyl (C=O) groups is 1. The highest BCUT2D eigenvalue weighted by Gasteiger charge is 2.14. The maximum Gasteiger partial charge on any atom is 0.338 e. The number of benzene rings is 1. The van der Waals surface area contributed by atoms with Crippen molar-refractivity contribution < 1.29 is 14.3 Å². The van der Waals surface area contributed by atoms with E-state index in [-0.39, 0.29) is 33.5 Å². The second-order valence-corrected chi connectivity index (χ2v) is 5.76. The van der Waals surface area contributed by atoms with Crippen molar-refractivity contribution in [3.8, 4) is 0 Å². The van der Waals surface area contributed by atoms with Crippen molar-refractivity contribution in [2.75, 3.05) is 18.9 Å². The highest BCUT2D eigenvalue weighted by Crippen LogP contribution is 2.29. The van der Waals surface area contributed by atoms with Crippen LogP contribution in [-0.2, 0) is 9.47 Å². The van der Waals surface area contributed by atoms with Gasteiger partial charge in [0, 0.05) is 0 Å². The molecule has 4 nitrogen and oxygen atoms in total. The van der Waals surface area contributed by atoms with Gasteiger partial charge in [-0.2, -0.15) is 0 Å². The molecule has 0 bridgehead atoms. The first-order valence-corrected chi connectivity index (χ1v) is 6.52. The number of nitrogens with two attached hydrogens (primary N) is 1. The van der Waals surface area contributed by atoms with Gasteiger partial charge in [-0.05, 0) is 32.9 Å². The van der Waals surface area contributed by atoms with Gasteiger partial charge >= 0.3 is 5.97 Å². The third-order valence-electron chi connectivity index (χ3n) is 2.17. The zero-order valence-corrected chi connectivity index (χ0v) is 12.6. The van der Waals surface area contributed by atoms with Gasteiger partial charge in [-0.1, -0.05) is 23.2 Å². The standard InChI is InChI=1S/C13H17Cl2NO3/c1-13(2,3)19-5-4-18-12(17)8-6-9(14)11(16)10(15)7-8/h6-7H,4-5,16H2,1-3H3. The Morgan fingerprint density at radius 3 is 2.21 bits per heavy atom. The molecular formula is C13H17Cl2NO3. The van der Waals surface area contributed by atoms with E-state index in [1.807, 2.05) is 20.8 Å². The molecule has 1 rings (SSSR count). The minimum Gasteiger partial charge on any atom is -0.460 e. The lowest BCUT2D eigenvalue weighted by Gasteiger charge is -2.19. The quantitative estimate of drug-likeness (QED) is 0.525. The van der Waals surface area contributed by atoms with Gasteiger partial charge in [-0.25, -0.2) is 4.79 Å². The number of nitrogen functional groups attached to an aromatic ring is 1. The second-order valence-electron chi connectivity index (χ2n) is 4.95. The van der Waals surface area contributed by atoms with E-state index in [0.717, 1.165) is 0 Å². The van der Waals surface area contributed by atoms with E-state index in [1.54, 1.807) is 0 Å². The van der Waals surface area contributed by atoms with Crippen molar-refractivity contribution in [3.05, 3.63) is 27.7 Å². The SMILES string of the molecule is CC(C)(C)OCCOC(=O)c1cc(Cl)c(N)c(Cl)c1. The van der Waals surface area contributed by atoms with E-state index in [2.05, 4.69) is 0 Å². The summed E-state index contributed by atoms with van der Waals surface area (Å²) in [5.74, 6) is -0.513. The van der Waals surface area contributed by atoms with Gasteiger partial charge in [0.25, 0.3) is 0 Å². The minimum atomic E-state index is -0.513. The average molecular weight is 306 g/mol. The molecule has 0 aromatic heterocycles. The Bertz CT molecular complexity index is 446. The molecule has 1 aromatic rings. The summed E-state index contributed by atoms with van der Waals surface area (Å²) in [7, 11) is 0. The fourth-order valence-corrected chi connectivity index (χ4v) is 1.75. The van der Waals surface area contributed by atoms with Crippen LogP contribution in [-0.4, -0.2) is 24.8 Å². The number of carbonyl (C=O) groups excluding carboxylic acids is 1. The highest BCUT2D eigenvalue weighted by molar-refractivity contribution is 6.39. The Morgan fingerprint density at radius 1 is 1.21 bits per heavy atom. The van der Waals surface area contributed by atoms with Crippen molar-refractivity contribution in [1.29, 1.82) is 0 Å². The molecule has 0 amide bonds. The van der Waals surface area contributed by atoms with Crippen LogP contribution in [0, 0.1) is 0 Å². The van der Waals surface area contributed by atoms with Crippen LogP contribution < -0.4 is 5.73 Å². The van der Waals surface area contributed by atoms with Crippen LogP contribution in [0.25, 0.3) is 0 Å². The number of esters is 1. The minimum absolute atomic E-state index is 0.162. The lowest BCUT2D eigenvalue weighted by atomic mass is 10.2. The number of ether oxygens (including phenoxy) is 2. The fourth-order valence-electron chi connectivity index (χ4n) is 1.27. The summed E-state index contributed by atoms with van der Waals surface area (Å²) < 4.78 is 10.5. The molecule has 0 atom stereocenters. The summed E-state index contributed by atoms with van der Waals surface area (Å²) >= 11 is 11.7. The molecule has 0 unspecified atom stereocenters. The third-order valence-corrected chi connectivity index (χ3v) is 2.79. The Kier molecular flexibility index (Phi) is 5.47. The van der Waals surface area contributed by atoms with Gasteiger partial charge in [0.05, 0.1) is 33.5 Å². The number of halogens is 2. The predicted molar refractivity (Wildman–Crippen MR) is 76.9 cm³/mol. The van der Waals surface area contributed by atoms with Gasteiger partial charge in [-0.3, -0.25) is 0 Å². The van der Waals surface area contributed by atoms with Gasteiger partial charge < -0.3 is 15.2 Å². The molecule has 1 aromatic carbocycles. The molecule has 0 fully saturated rings. The first-order valence-electron chi connectivity index (χ1n) is 5.76. The lowest BCUT2D eigenvalue weighted by Crippen LogP contribution is -2.22. The maximum atomic E-state index is 11.7. The van der Waals surface area contributed by atoms with Gasteiger partial charge in [0.15, 0.2) is 0 Å². The zero-order chi connectivity index (χ0) is 14.6. The number of hydrogen-bond donors (Lipinski definition) is 1. The van der Waals surface area contributed by atoms with Crippen molar-refractivity contribution in [2.45, 2.75) is 26.4 Å². The van der Waals surface area contributed by atoms with E-state index in [1.165, 1.54) is 12.1 Å². The Hall–Kier alpha value is -0.970. The second kappa shape index (κ2) is 6.46. The molecule has 0 saturated heterocycles. The zero-order valence-electron chi connectivity index (χ0n) is 11.1. The summed E-state index contributed by atoms with van der Waals surface area (Å²) in [6.07, 6.45) is 0. The van der Waals surface area contributed by atoms with E-state index in [9.17, 15) is 4.79 Å². The molecular weight excluding hydrogens is 289 g/mol. The van der Waals surface area contributed by atoms with Crippen LogP contribution in [0.1, 0.15) is 31.1 Å². The molecule has 0 saturated carbocycles. The molecule has 0 aliphatic heterocycles. The average Bonchev–Trinajstić information content (AvgIpc) is 2.29. The summed E-state index contributed by atoms with van der Waals surface area (Å²) in [6, 6.07) is 2.85. The maximum absolute atomic E-state index is 11.7. The van der Waals surface area contributed by atoms with Crippen LogP contribution >= 0.6 is 23.2 Å². The Labute approximate surface area is 122 Å². The first kappa shape index (κ1) is 16.1. The van der Waals surface area contributed by atoms with Crippen LogP contribution in [0.4, 0.5) is 5.69 Å². The molecule has 0 radical (unpaired) electrons. The van der Waals surface area contributed by atoms with E-state index < -0.39 is 5.97 Å². The van der Waals surface area contributed by atoms with E-state index >= 15 is 0 Å². The summed E-state index contributed by atoms with van der Waals surface area (Å²) in [4.78, 5) is 11.7. The van der Waals surface area contributed by atoms with E-state index in [4.69, 9.17) is 38.4 Å². The predicted octanol–water partition coefficient (Wildman–Crippen LogP) is 3.55. The number of anilines is 1. The molecule has 0 aliphatic carbocycles. The molecule has 0 aliphatic rings. The largest absolute Gasteiger partial charge is 0.460 e. The molecule has 0 heterocycles. The Morgan fingerprint density at radius 2 is 1.74 bits per heavy atom. The first-order chi connectivity index (χ1) is 8.70. The van der Waals surface area contributed by atoms with Crippen LogP contribution in [0.2, 0.25) is 10.0 Å². The van der Waals surface area contributed by atoms with Crippen molar-refractivity contribution in [1.82, 2.24) is 0 Å². The van der Waals surface area contributed by atoms with Gasteiger partial charge in [-0.15, -0.1) is 0 Å². The van der Waals surface area contributed by atoms with Crippen molar-refractivity contribution in [3.63, 3.8) is 0 Å². The number of hydrogen-bond acceptors (Lipinski definition) is 4. The van der Waals surface area contributed by atoms with Crippen molar-refractivity contribution >= 4 is 34.9 Å². The van der Waals surface area contributed by atoms with Gasteiger partial charge in [0.2, 0.25) is 0 Å². The smallest absolute Gasteiger partial charge is 0.338 e. The van der Waals surface area contributed by atoms with Crippen LogP contribution in [0.3, 0.4) is 0 Å². The van der Waals surface area contributed by atoms with E-state index in [0.29, 0.717) is 6.61 Å². The molecule has 19 heavy (non-hydrogen) atoms. The summed E-state index contributed by atoms with van der Waals surface area (Å²) in [5, 5.41) is 0.454. The summed E-state index contributed by atoms with van der Waals surface area (Å²) in [5.41, 5.74) is 5.83. The number of rotatable bonds is 4. The normalized spacial score (nSPS) is 11.4.